The van der Waals surface area contributed by atoms with Crippen molar-refractivity contribution in [3.63, 3.8) is 0 Å². The summed E-state index contributed by atoms with van der Waals surface area (Å²) in [7, 11) is 0. The lowest BCUT2D eigenvalue weighted by molar-refractivity contribution is -0.138. The van der Waals surface area contributed by atoms with Crippen LogP contribution in [0.25, 0.3) is 10.8 Å². The lowest BCUT2D eigenvalue weighted by atomic mass is 10.0. The number of carbonyl (C=O) groups is 3. The number of hydrogen-bond acceptors (Lipinski definition) is 4. The summed E-state index contributed by atoms with van der Waals surface area (Å²) in [6.45, 7) is 7.35. The molecule has 0 aliphatic carbocycles. The third-order valence-corrected chi connectivity index (χ3v) is 6.08. The number of benzene rings is 3. The molecule has 1 unspecified atom stereocenters. The van der Waals surface area contributed by atoms with Gasteiger partial charge in [0.05, 0.1) is 0 Å². The van der Waals surface area contributed by atoms with Crippen molar-refractivity contribution >= 4 is 34.4 Å². The minimum Gasteiger partial charge on any atom is -0.444 e. The number of carbonyl (C=O) groups excluding carboxylic acids is 3. The SMILES string of the molecule is C#Cc1ccc(C(C(=O)Nc2ccc3ccccc3c2)N(CCCCC)C(=O)CNC(=O)OC(C)(C)C)cc1. The number of nitrogens with zero attached hydrogens (tertiary/aromatic N) is 1. The average molecular weight is 528 g/mol. The Hall–Kier alpha value is -4.31. The van der Waals surface area contributed by atoms with Gasteiger partial charge in [-0.2, -0.15) is 0 Å². The maximum absolute atomic E-state index is 13.9. The lowest BCUT2D eigenvalue weighted by Crippen LogP contribution is -2.47. The molecule has 0 radical (unpaired) electrons. The largest absolute Gasteiger partial charge is 0.444 e. The molecule has 0 aliphatic rings. The second-order valence-electron chi connectivity index (χ2n) is 10.4. The van der Waals surface area contributed by atoms with E-state index in [0.29, 0.717) is 29.8 Å². The lowest BCUT2D eigenvalue weighted by Gasteiger charge is -2.32. The Morgan fingerprint density at radius 2 is 1.67 bits per heavy atom. The van der Waals surface area contributed by atoms with Crippen molar-refractivity contribution in [1.82, 2.24) is 10.2 Å². The highest BCUT2D eigenvalue weighted by Crippen LogP contribution is 2.26. The highest BCUT2D eigenvalue weighted by molar-refractivity contribution is 6.00. The van der Waals surface area contributed by atoms with E-state index in [1.165, 1.54) is 4.90 Å². The van der Waals surface area contributed by atoms with Gasteiger partial charge in [-0.05, 0) is 67.8 Å². The van der Waals surface area contributed by atoms with Crippen molar-refractivity contribution < 1.29 is 19.1 Å². The first-order valence-electron chi connectivity index (χ1n) is 13.2. The third kappa shape index (κ3) is 8.61. The van der Waals surface area contributed by atoms with Gasteiger partial charge in [-0.3, -0.25) is 9.59 Å². The van der Waals surface area contributed by atoms with Crippen LogP contribution in [-0.4, -0.2) is 41.5 Å². The first-order valence-corrected chi connectivity index (χ1v) is 13.2. The number of terminal acetylenes is 1. The molecule has 39 heavy (non-hydrogen) atoms. The van der Waals surface area contributed by atoms with Gasteiger partial charge >= 0.3 is 6.09 Å². The molecule has 0 heterocycles. The summed E-state index contributed by atoms with van der Waals surface area (Å²) < 4.78 is 5.28. The van der Waals surface area contributed by atoms with Gasteiger partial charge in [0, 0.05) is 17.8 Å². The monoisotopic (exact) mass is 527 g/mol. The fourth-order valence-corrected chi connectivity index (χ4v) is 4.21. The molecule has 0 saturated carbocycles. The van der Waals surface area contributed by atoms with E-state index in [1.807, 2.05) is 42.5 Å². The molecule has 7 nitrogen and oxygen atoms in total. The Labute approximate surface area is 230 Å². The zero-order chi connectivity index (χ0) is 28.4. The maximum atomic E-state index is 13.9. The smallest absolute Gasteiger partial charge is 0.408 e. The van der Waals surface area contributed by atoms with Crippen LogP contribution in [0.2, 0.25) is 0 Å². The summed E-state index contributed by atoms with van der Waals surface area (Å²) in [4.78, 5) is 41.1. The van der Waals surface area contributed by atoms with Crippen LogP contribution in [-0.2, 0) is 14.3 Å². The van der Waals surface area contributed by atoms with Crippen molar-refractivity contribution in [1.29, 1.82) is 0 Å². The molecule has 0 spiro atoms. The van der Waals surface area contributed by atoms with E-state index in [2.05, 4.69) is 23.5 Å². The number of unbranched alkanes of at least 4 members (excludes halogenated alkanes) is 2. The molecule has 204 valence electrons. The predicted molar refractivity (Wildman–Crippen MR) is 155 cm³/mol. The molecule has 0 fully saturated rings. The zero-order valence-electron chi connectivity index (χ0n) is 23.1. The van der Waals surface area contributed by atoms with Crippen molar-refractivity contribution in [2.75, 3.05) is 18.4 Å². The second-order valence-corrected chi connectivity index (χ2v) is 10.4. The van der Waals surface area contributed by atoms with Gasteiger partial charge in [-0.15, -0.1) is 6.42 Å². The van der Waals surface area contributed by atoms with E-state index in [9.17, 15) is 14.4 Å². The third-order valence-electron chi connectivity index (χ3n) is 6.08. The van der Waals surface area contributed by atoms with Crippen molar-refractivity contribution in [2.45, 2.75) is 58.6 Å². The van der Waals surface area contributed by atoms with Gasteiger partial charge in [0.1, 0.15) is 18.2 Å². The Morgan fingerprint density at radius 3 is 2.31 bits per heavy atom. The Bertz CT molecular complexity index is 1340. The minimum absolute atomic E-state index is 0.302. The average Bonchev–Trinajstić information content (AvgIpc) is 2.90. The normalized spacial score (nSPS) is 11.8. The molecule has 0 aliphatic heterocycles. The summed E-state index contributed by atoms with van der Waals surface area (Å²) in [5, 5.41) is 7.58. The molecule has 3 aromatic carbocycles. The quantitative estimate of drug-likeness (QED) is 0.248. The predicted octanol–water partition coefficient (Wildman–Crippen LogP) is 6.04. The molecule has 0 bridgehead atoms. The molecule has 3 rings (SSSR count). The number of alkyl carbamates (subject to hydrolysis) is 1. The molecular weight excluding hydrogens is 490 g/mol. The Morgan fingerprint density at radius 1 is 0.974 bits per heavy atom. The van der Waals surface area contributed by atoms with E-state index >= 15 is 0 Å². The summed E-state index contributed by atoms with van der Waals surface area (Å²) in [6, 6.07) is 19.7. The van der Waals surface area contributed by atoms with Crippen LogP contribution in [0.5, 0.6) is 0 Å². The van der Waals surface area contributed by atoms with E-state index in [-0.39, 0.29) is 12.5 Å². The minimum atomic E-state index is -0.937. The molecule has 3 aromatic rings. The highest BCUT2D eigenvalue weighted by Gasteiger charge is 2.32. The van der Waals surface area contributed by atoms with E-state index in [0.717, 1.165) is 23.6 Å². The van der Waals surface area contributed by atoms with Crippen LogP contribution in [0.15, 0.2) is 66.7 Å². The first kappa shape index (κ1) is 29.2. The van der Waals surface area contributed by atoms with Gasteiger partial charge < -0.3 is 20.3 Å². The van der Waals surface area contributed by atoms with Crippen LogP contribution in [0.4, 0.5) is 10.5 Å². The first-order chi connectivity index (χ1) is 18.6. The van der Waals surface area contributed by atoms with Crippen molar-refractivity contribution in [3.05, 3.63) is 77.9 Å². The maximum Gasteiger partial charge on any atom is 0.408 e. The molecule has 0 saturated heterocycles. The van der Waals surface area contributed by atoms with Crippen molar-refractivity contribution in [3.8, 4) is 12.3 Å². The molecule has 7 heteroatoms. The van der Waals surface area contributed by atoms with Crippen LogP contribution in [0.1, 0.15) is 64.1 Å². The van der Waals surface area contributed by atoms with Crippen LogP contribution in [0, 0.1) is 12.3 Å². The number of fused-ring (bicyclic) bond motifs is 1. The van der Waals surface area contributed by atoms with Gasteiger partial charge in [-0.1, -0.05) is 68.2 Å². The van der Waals surface area contributed by atoms with Gasteiger partial charge in [0.2, 0.25) is 5.91 Å². The van der Waals surface area contributed by atoms with Crippen LogP contribution < -0.4 is 10.6 Å². The second kappa shape index (κ2) is 13.5. The summed E-state index contributed by atoms with van der Waals surface area (Å²) in [5.74, 6) is 1.83. The summed E-state index contributed by atoms with van der Waals surface area (Å²) in [6.07, 6.45) is 7.38. The van der Waals surface area contributed by atoms with Crippen molar-refractivity contribution in [2.24, 2.45) is 0 Å². The number of ether oxygens (including phenoxy) is 1. The Balaban J connectivity index is 1.92. The molecule has 2 N–H and O–H groups in total. The number of anilines is 1. The summed E-state index contributed by atoms with van der Waals surface area (Å²) >= 11 is 0. The fraction of sp³-hybridized carbons (Fsp3) is 0.344. The summed E-state index contributed by atoms with van der Waals surface area (Å²) in [5.41, 5.74) is 1.21. The van der Waals surface area contributed by atoms with Gasteiger partial charge in [-0.25, -0.2) is 4.79 Å². The standard InChI is InChI=1S/C32H37N3O4/c1-6-8-11-20-35(28(36)22-33-31(38)39-32(3,4)5)29(25-16-14-23(7-2)15-17-25)30(37)34-27-19-18-24-12-9-10-13-26(24)21-27/h2,9-10,12-19,21,29H,6,8,11,20,22H2,1,3-5H3,(H,33,38)(H,34,37). The van der Waals surface area contributed by atoms with Gasteiger partial charge in [0.25, 0.3) is 5.91 Å². The fourth-order valence-electron chi connectivity index (χ4n) is 4.21. The van der Waals surface area contributed by atoms with E-state index in [4.69, 9.17) is 11.2 Å². The highest BCUT2D eigenvalue weighted by atomic mass is 16.6. The number of hydrogen-bond donors (Lipinski definition) is 2. The van der Waals surface area contributed by atoms with Gasteiger partial charge in [0.15, 0.2) is 0 Å². The van der Waals surface area contributed by atoms with E-state index in [1.54, 1.807) is 45.0 Å². The number of amides is 3. The van der Waals surface area contributed by atoms with E-state index < -0.39 is 23.6 Å². The number of rotatable bonds is 10. The zero-order valence-corrected chi connectivity index (χ0v) is 23.1. The molecular formula is C32H37N3O4. The topological polar surface area (TPSA) is 87.7 Å². The molecule has 1 atom stereocenters. The van der Waals surface area contributed by atoms with Crippen LogP contribution in [0.3, 0.4) is 0 Å². The van der Waals surface area contributed by atoms with Crippen LogP contribution >= 0.6 is 0 Å². The Kier molecular flexibility index (Phi) is 10.1. The number of nitrogens with one attached hydrogen (secondary N) is 2. The molecule has 0 aromatic heterocycles. The molecule has 3 amide bonds.